The van der Waals surface area contributed by atoms with Gasteiger partial charge in [0.2, 0.25) is 0 Å². The molecule has 0 heterocycles. The number of ketones is 1. The first-order valence-electron chi connectivity index (χ1n) is 15.3. The van der Waals surface area contributed by atoms with E-state index in [9.17, 15) is 4.79 Å². The molecule has 0 radical (unpaired) electrons. The van der Waals surface area contributed by atoms with E-state index in [0.717, 1.165) is 44.3 Å². The average molecular weight is 541 g/mol. The predicted molar refractivity (Wildman–Crippen MR) is 161 cm³/mol. The highest BCUT2D eigenvalue weighted by atomic mass is 28.4. The molecular formula is C34H56O3Si. The lowest BCUT2D eigenvalue weighted by atomic mass is 9.36. The number of ether oxygens (including phenoxy) is 1. The lowest BCUT2D eigenvalue weighted by molar-refractivity contribution is -0.208. The first-order valence-corrected chi connectivity index (χ1v) is 18.2. The molecule has 38 heavy (non-hydrogen) atoms. The summed E-state index contributed by atoms with van der Waals surface area (Å²) in [6.07, 6.45) is 8.69. The second kappa shape index (κ2) is 9.75. The molecule has 0 amide bonds. The number of rotatable bonds is 6. The fourth-order valence-electron chi connectivity index (χ4n) is 9.10. The van der Waals surface area contributed by atoms with Crippen LogP contribution in [-0.4, -0.2) is 27.3 Å². The van der Waals surface area contributed by atoms with Crippen LogP contribution >= 0.6 is 0 Å². The fraction of sp³-hybridized carbons (Fsp3) is 0.794. The summed E-state index contributed by atoms with van der Waals surface area (Å²) in [6, 6.07) is 8.40. The number of hydrogen-bond acceptors (Lipinski definition) is 3. The molecule has 0 aromatic heterocycles. The Morgan fingerprint density at radius 1 is 0.974 bits per heavy atom. The van der Waals surface area contributed by atoms with Gasteiger partial charge in [0, 0.05) is 11.8 Å². The number of Topliss-reactive ketones (excluding diaryl/α,β-unsaturated/α-hetero) is 1. The van der Waals surface area contributed by atoms with Crippen LogP contribution in [0, 0.1) is 33.5 Å². The maximum Gasteiger partial charge on any atom is 0.192 e. The Bertz CT molecular complexity index is 1040. The lowest BCUT2D eigenvalue weighted by Crippen LogP contribution is -2.65. The van der Waals surface area contributed by atoms with Crippen molar-refractivity contribution in [2.75, 3.05) is 7.11 Å². The monoisotopic (exact) mass is 540 g/mol. The van der Waals surface area contributed by atoms with E-state index in [2.05, 4.69) is 86.7 Å². The minimum Gasteiger partial charge on any atom is -0.497 e. The van der Waals surface area contributed by atoms with Gasteiger partial charge in [-0.05, 0) is 109 Å². The molecule has 1 aromatic carbocycles. The van der Waals surface area contributed by atoms with E-state index >= 15 is 0 Å². The molecule has 1 aromatic rings. The maximum atomic E-state index is 13.8. The average Bonchev–Trinajstić information content (AvgIpc) is 2.82. The number of carbonyl (C=O) groups is 1. The number of hydrogen-bond donors (Lipinski definition) is 0. The fourth-order valence-corrected chi connectivity index (χ4v) is 10.6. The molecule has 3 nitrogen and oxygen atoms in total. The standard InChI is InChI=1S/C34H56O3Si/c1-30(2,3)38(10,11)37-29-19-20-32(6)26(31(29,4)5)18-22-33(7)27(32)15-16-28(35)34(33,8)21-17-24-13-12-14-25(23-24)36-9/h12-14,23,26-27,29H,15-22H2,1-11H3/t26-,27+,29-,32-,33+,34+/m0/s1. The molecule has 0 N–H and O–H groups in total. The molecule has 0 saturated heterocycles. The summed E-state index contributed by atoms with van der Waals surface area (Å²) in [5.74, 6) is 2.61. The third-order valence-corrected chi connectivity index (χ3v) is 17.3. The molecule has 0 unspecified atom stereocenters. The zero-order chi connectivity index (χ0) is 28.4. The Morgan fingerprint density at radius 2 is 1.66 bits per heavy atom. The molecule has 4 rings (SSSR count). The van der Waals surface area contributed by atoms with Crippen LogP contribution in [0.3, 0.4) is 0 Å². The van der Waals surface area contributed by atoms with Crippen molar-refractivity contribution in [3.05, 3.63) is 29.8 Å². The van der Waals surface area contributed by atoms with Crippen LogP contribution in [0.2, 0.25) is 18.1 Å². The topological polar surface area (TPSA) is 35.5 Å². The molecular weight excluding hydrogens is 484 g/mol. The largest absolute Gasteiger partial charge is 0.497 e. The second-order valence-electron chi connectivity index (χ2n) is 15.9. The van der Waals surface area contributed by atoms with Gasteiger partial charge in [0.15, 0.2) is 8.32 Å². The molecule has 6 atom stereocenters. The van der Waals surface area contributed by atoms with Crippen molar-refractivity contribution in [1.82, 2.24) is 0 Å². The van der Waals surface area contributed by atoms with E-state index in [-0.39, 0.29) is 26.7 Å². The van der Waals surface area contributed by atoms with E-state index in [1.165, 1.54) is 18.4 Å². The first kappa shape index (κ1) is 29.8. The van der Waals surface area contributed by atoms with Crippen LogP contribution in [-0.2, 0) is 15.6 Å². The Balaban J connectivity index is 1.61. The SMILES string of the molecule is COc1cccc(CC[C@]2(C)C(=O)CC[C@@H]3[C@@]4(C)CC[C@H](O[Si](C)(C)C(C)(C)C)C(C)(C)[C@@H]4CC[C@]32C)c1. The highest BCUT2D eigenvalue weighted by Crippen LogP contribution is 2.71. The van der Waals surface area contributed by atoms with Gasteiger partial charge >= 0.3 is 0 Å². The van der Waals surface area contributed by atoms with Crippen LogP contribution in [0.1, 0.15) is 106 Å². The maximum absolute atomic E-state index is 13.8. The molecule has 0 bridgehead atoms. The summed E-state index contributed by atoms with van der Waals surface area (Å²) in [7, 11) is -0.121. The smallest absolute Gasteiger partial charge is 0.192 e. The first-order chi connectivity index (χ1) is 17.4. The van der Waals surface area contributed by atoms with Crippen molar-refractivity contribution >= 4 is 14.1 Å². The van der Waals surface area contributed by atoms with Crippen LogP contribution < -0.4 is 4.74 Å². The predicted octanol–water partition coefficient (Wildman–Crippen LogP) is 9.25. The molecule has 214 valence electrons. The molecule has 0 aliphatic heterocycles. The molecule has 4 heteroatoms. The number of fused-ring (bicyclic) bond motifs is 3. The van der Waals surface area contributed by atoms with E-state index < -0.39 is 8.32 Å². The highest BCUT2D eigenvalue weighted by Gasteiger charge is 2.67. The van der Waals surface area contributed by atoms with E-state index in [1.54, 1.807) is 7.11 Å². The molecule has 3 saturated carbocycles. The lowest BCUT2D eigenvalue weighted by Gasteiger charge is -2.69. The third-order valence-electron chi connectivity index (χ3n) is 12.8. The van der Waals surface area contributed by atoms with E-state index in [4.69, 9.17) is 9.16 Å². The number of benzene rings is 1. The Morgan fingerprint density at radius 3 is 2.29 bits per heavy atom. The molecule has 3 aliphatic carbocycles. The van der Waals surface area contributed by atoms with Crippen LogP contribution in [0.4, 0.5) is 0 Å². The summed E-state index contributed by atoms with van der Waals surface area (Å²) >= 11 is 0. The van der Waals surface area contributed by atoms with E-state index in [0.29, 0.717) is 23.7 Å². The van der Waals surface area contributed by atoms with Crippen molar-refractivity contribution in [1.29, 1.82) is 0 Å². The minimum absolute atomic E-state index is 0.0374. The summed E-state index contributed by atoms with van der Waals surface area (Å²) in [5, 5.41) is 0.225. The van der Waals surface area contributed by atoms with E-state index in [1.807, 2.05) is 6.07 Å². The zero-order valence-corrected chi connectivity index (χ0v) is 27.4. The molecule has 3 aliphatic rings. The third kappa shape index (κ3) is 4.64. The van der Waals surface area contributed by atoms with Crippen molar-refractivity contribution in [2.24, 2.45) is 33.5 Å². The van der Waals surface area contributed by atoms with Gasteiger partial charge in [-0.1, -0.05) is 67.5 Å². The summed E-state index contributed by atoms with van der Waals surface area (Å²) in [4.78, 5) is 13.8. The zero-order valence-electron chi connectivity index (χ0n) is 26.4. The molecule has 3 fully saturated rings. The second-order valence-corrected chi connectivity index (χ2v) is 20.7. The van der Waals surface area contributed by atoms with Gasteiger partial charge in [-0.2, -0.15) is 0 Å². The minimum atomic E-state index is -1.85. The Labute approximate surface area is 235 Å². The van der Waals surface area contributed by atoms with Gasteiger partial charge < -0.3 is 9.16 Å². The molecule has 0 spiro atoms. The number of methoxy groups -OCH3 is 1. The highest BCUT2D eigenvalue weighted by molar-refractivity contribution is 6.74. The summed E-state index contributed by atoms with van der Waals surface area (Å²) in [5.41, 5.74) is 1.42. The van der Waals surface area contributed by atoms with Crippen molar-refractivity contribution < 1.29 is 14.0 Å². The quantitative estimate of drug-likeness (QED) is 0.337. The normalized spacial score (nSPS) is 37.3. The van der Waals surface area contributed by atoms with Crippen LogP contribution in [0.15, 0.2) is 24.3 Å². The summed E-state index contributed by atoms with van der Waals surface area (Å²) in [6.45, 7) is 24.3. The van der Waals surface area contributed by atoms with Gasteiger partial charge in [-0.15, -0.1) is 0 Å². The number of carbonyl (C=O) groups excluding carboxylic acids is 1. The van der Waals surface area contributed by atoms with Crippen LogP contribution in [0.25, 0.3) is 0 Å². The van der Waals surface area contributed by atoms with Crippen molar-refractivity contribution in [3.63, 3.8) is 0 Å². The number of aryl methyl sites for hydroxylation is 1. The van der Waals surface area contributed by atoms with Gasteiger partial charge in [-0.3, -0.25) is 4.79 Å². The van der Waals surface area contributed by atoms with Gasteiger partial charge in [0.05, 0.1) is 13.2 Å². The van der Waals surface area contributed by atoms with Gasteiger partial charge in [-0.25, -0.2) is 0 Å². The van der Waals surface area contributed by atoms with Crippen LogP contribution in [0.5, 0.6) is 5.75 Å². The van der Waals surface area contributed by atoms with Crippen molar-refractivity contribution in [2.45, 2.75) is 131 Å². The van der Waals surface area contributed by atoms with Crippen molar-refractivity contribution in [3.8, 4) is 5.75 Å². The summed E-state index contributed by atoms with van der Waals surface area (Å²) < 4.78 is 12.6. The Kier molecular flexibility index (Phi) is 7.66. The van der Waals surface area contributed by atoms with Gasteiger partial charge in [0.1, 0.15) is 11.5 Å². The Hall–Kier alpha value is -1.13. The van der Waals surface area contributed by atoms with Gasteiger partial charge in [0.25, 0.3) is 0 Å².